The molecule has 0 saturated carbocycles. The summed E-state index contributed by atoms with van der Waals surface area (Å²) in [5.41, 5.74) is 1.35. The van der Waals surface area contributed by atoms with Crippen LogP contribution in [-0.4, -0.2) is 24.5 Å². The largest absolute Gasteiger partial charge is 0.484 e. The minimum absolute atomic E-state index is 0.148. The lowest BCUT2D eigenvalue weighted by Gasteiger charge is -2.10. The van der Waals surface area contributed by atoms with Crippen LogP contribution in [0.2, 0.25) is 0 Å². The predicted molar refractivity (Wildman–Crippen MR) is 56.7 cm³/mol. The van der Waals surface area contributed by atoms with Gasteiger partial charge in [-0.05, 0) is 30.7 Å². The van der Waals surface area contributed by atoms with Crippen molar-refractivity contribution in [2.45, 2.75) is 13.1 Å². The van der Waals surface area contributed by atoms with Gasteiger partial charge in [-0.2, -0.15) is 13.2 Å². The van der Waals surface area contributed by atoms with Gasteiger partial charge in [-0.25, -0.2) is 0 Å². The zero-order valence-electron chi connectivity index (χ0n) is 9.14. The first-order valence-electron chi connectivity index (χ1n) is 4.82. The number of aliphatic hydroxyl groups is 1. The van der Waals surface area contributed by atoms with E-state index in [-0.39, 0.29) is 12.4 Å². The van der Waals surface area contributed by atoms with Gasteiger partial charge in [-0.15, -0.1) is 0 Å². The van der Waals surface area contributed by atoms with Crippen LogP contribution in [-0.2, 0) is 0 Å². The first-order valence-corrected chi connectivity index (χ1v) is 4.82. The lowest BCUT2D eigenvalue weighted by Crippen LogP contribution is -2.19. The molecule has 0 amide bonds. The molecule has 1 aromatic rings. The number of hydrogen-bond acceptors (Lipinski definition) is 2. The summed E-state index contributed by atoms with van der Waals surface area (Å²) < 4.78 is 40.3. The van der Waals surface area contributed by atoms with E-state index in [2.05, 4.69) is 16.6 Å². The van der Waals surface area contributed by atoms with Crippen LogP contribution in [0.15, 0.2) is 18.2 Å². The number of benzene rings is 1. The van der Waals surface area contributed by atoms with Crippen LogP contribution in [0.5, 0.6) is 5.75 Å². The van der Waals surface area contributed by atoms with Gasteiger partial charge in [0.05, 0.1) is 0 Å². The second kappa shape index (κ2) is 5.60. The molecule has 5 heteroatoms. The first-order chi connectivity index (χ1) is 7.92. The zero-order chi connectivity index (χ0) is 12.9. The monoisotopic (exact) mass is 244 g/mol. The van der Waals surface area contributed by atoms with Crippen molar-refractivity contribution in [1.82, 2.24) is 0 Å². The number of rotatable bonds is 2. The first kappa shape index (κ1) is 13.4. The minimum Gasteiger partial charge on any atom is -0.484 e. The molecule has 0 aliphatic heterocycles. The van der Waals surface area contributed by atoms with E-state index in [1.807, 2.05) is 0 Å². The lowest BCUT2D eigenvalue weighted by molar-refractivity contribution is -0.153. The van der Waals surface area contributed by atoms with E-state index in [1.165, 1.54) is 12.1 Å². The number of aliphatic hydroxyl groups excluding tert-OH is 1. The van der Waals surface area contributed by atoms with E-state index >= 15 is 0 Å². The lowest BCUT2D eigenvalue weighted by atomic mass is 10.1. The van der Waals surface area contributed by atoms with Crippen molar-refractivity contribution < 1.29 is 23.0 Å². The van der Waals surface area contributed by atoms with E-state index in [4.69, 9.17) is 5.11 Å². The van der Waals surface area contributed by atoms with Crippen LogP contribution < -0.4 is 4.74 Å². The van der Waals surface area contributed by atoms with E-state index in [9.17, 15) is 13.2 Å². The summed E-state index contributed by atoms with van der Waals surface area (Å²) in [6.45, 7) is 0.141. The van der Waals surface area contributed by atoms with Gasteiger partial charge >= 0.3 is 6.18 Å². The molecule has 2 nitrogen and oxygen atoms in total. The Bertz CT molecular complexity index is 441. The Kier molecular flexibility index (Phi) is 4.41. The Balaban J connectivity index is 2.75. The third-order valence-corrected chi connectivity index (χ3v) is 1.90. The second-order valence-corrected chi connectivity index (χ2v) is 3.34. The summed E-state index contributed by atoms with van der Waals surface area (Å²) in [6.07, 6.45) is -4.34. The molecule has 1 aromatic carbocycles. The van der Waals surface area contributed by atoms with Gasteiger partial charge in [0.2, 0.25) is 0 Å². The highest BCUT2D eigenvalue weighted by atomic mass is 19.4. The Morgan fingerprint density at radius 1 is 1.35 bits per heavy atom. The van der Waals surface area contributed by atoms with Crippen LogP contribution in [0.3, 0.4) is 0 Å². The number of hydrogen-bond donors (Lipinski definition) is 1. The molecular formula is C12H11F3O2. The van der Waals surface area contributed by atoms with Crippen molar-refractivity contribution in [3.8, 4) is 17.6 Å². The SMILES string of the molecule is Cc1cc(OCC(F)(F)F)ccc1C#CCO. The van der Waals surface area contributed by atoms with Gasteiger partial charge in [0, 0.05) is 5.56 Å². The van der Waals surface area contributed by atoms with E-state index in [0.717, 1.165) is 0 Å². The smallest absolute Gasteiger partial charge is 0.422 e. The normalized spacial score (nSPS) is 10.6. The van der Waals surface area contributed by atoms with Crippen LogP contribution in [0.25, 0.3) is 0 Å². The van der Waals surface area contributed by atoms with Gasteiger partial charge < -0.3 is 9.84 Å². The maximum atomic E-state index is 11.9. The standard InChI is InChI=1S/C12H11F3O2/c1-9-7-11(17-8-12(13,14)15)5-4-10(9)3-2-6-16/h4-5,7,16H,6,8H2,1H3. The van der Waals surface area contributed by atoms with E-state index in [1.54, 1.807) is 13.0 Å². The fraction of sp³-hybridized carbons (Fsp3) is 0.333. The molecule has 0 spiro atoms. The second-order valence-electron chi connectivity index (χ2n) is 3.34. The third kappa shape index (κ3) is 4.79. The number of aryl methyl sites for hydroxylation is 1. The summed E-state index contributed by atoms with van der Waals surface area (Å²) in [4.78, 5) is 0. The Labute approximate surface area is 97.0 Å². The number of halogens is 3. The maximum absolute atomic E-state index is 11.9. The molecule has 0 aliphatic carbocycles. The van der Waals surface area contributed by atoms with Gasteiger partial charge in [-0.1, -0.05) is 11.8 Å². The molecule has 0 bridgehead atoms. The third-order valence-electron chi connectivity index (χ3n) is 1.90. The van der Waals surface area contributed by atoms with Crippen LogP contribution in [0.1, 0.15) is 11.1 Å². The molecule has 17 heavy (non-hydrogen) atoms. The molecule has 0 atom stereocenters. The average molecular weight is 244 g/mol. The molecule has 1 N–H and O–H groups in total. The van der Waals surface area contributed by atoms with Crippen molar-refractivity contribution in [3.05, 3.63) is 29.3 Å². The Morgan fingerprint density at radius 2 is 2.06 bits per heavy atom. The molecule has 0 fully saturated rings. The summed E-state index contributed by atoms with van der Waals surface area (Å²) in [7, 11) is 0. The van der Waals surface area contributed by atoms with Gasteiger partial charge in [0.25, 0.3) is 0 Å². The average Bonchev–Trinajstić information content (AvgIpc) is 2.24. The van der Waals surface area contributed by atoms with Crippen LogP contribution >= 0.6 is 0 Å². The molecular weight excluding hydrogens is 233 g/mol. The predicted octanol–water partition coefficient (Wildman–Crippen LogP) is 2.28. The van der Waals surface area contributed by atoms with Crippen molar-refractivity contribution >= 4 is 0 Å². The Morgan fingerprint density at radius 3 is 2.59 bits per heavy atom. The topological polar surface area (TPSA) is 29.5 Å². The quantitative estimate of drug-likeness (QED) is 0.809. The van der Waals surface area contributed by atoms with Crippen molar-refractivity contribution in [2.75, 3.05) is 13.2 Å². The van der Waals surface area contributed by atoms with E-state index < -0.39 is 12.8 Å². The molecule has 0 saturated heterocycles. The number of ether oxygens (including phenoxy) is 1. The molecule has 92 valence electrons. The summed E-state index contributed by atoms with van der Waals surface area (Å²) in [5, 5.41) is 8.52. The molecule has 0 heterocycles. The van der Waals surface area contributed by atoms with Crippen molar-refractivity contribution in [1.29, 1.82) is 0 Å². The van der Waals surface area contributed by atoms with Crippen LogP contribution in [0.4, 0.5) is 13.2 Å². The number of alkyl halides is 3. The molecule has 0 aliphatic rings. The molecule has 0 aromatic heterocycles. The van der Waals surface area contributed by atoms with E-state index in [0.29, 0.717) is 11.1 Å². The molecule has 0 radical (unpaired) electrons. The molecule has 1 rings (SSSR count). The molecule has 0 unspecified atom stereocenters. The maximum Gasteiger partial charge on any atom is 0.422 e. The summed E-state index contributed by atoms with van der Waals surface area (Å²) in [5.74, 6) is 5.30. The highest BCUT2D eigenvalue weighted by Crippen LogP contribution is 2.20. The zero-order valence-corrected chi connectivity index (χ0v) is 9.14. The Hall–Kier alpha value is -1.67. The fourth-order valence-electron chi connectivity index (χ4n) is 1.17. The summed E-state index contributed by atoms with van der Waals surface area (Å²) >= 11 is 0. The summed E-state index contributed by atoms with van der Waals surface area (Å²) in [6, 6.07) is 4.46. The highest BCUT2D eigenvalue weighted by Gasteiger charge is 2.28. The fourth-order valence-corrected chi connectivity index (χ4v) is 1.17. The van der Waals surface area contributed by atoms with Gasteiger partial charge in [0.15, 0.2) is 6.61 Å². The highest BCUT2D eigenvalue weighted by molar-refractivity contribution is 5.44. The minimum atomic E-state index is -4.34. The van der Waals surface area contributed by atoms with Crippen molar-refractivity contribution in [3.63, 3.8) is 0 Å². The van der Waals surface area contributed by atoms with Crippen molar-refractivity contribution in [2.24, 2.45) is 0 Å². The van der Waals surface area contributed by atoms with Gasteiger partial charge in [0.1, 0.15) is 12.4 Å². The van der Waals surface area contributed by atoms with Crippen LogP contribution in [0, 0.1) is 18.8 Å². The van der Waals surface area contributed by atoms with Gasteiger partial charge in [-0.3, -0.25) is 0 Å².